The molecule has 0 saturated heterocycles. The summed E-state index contributed by atoms with van der Waals surface area (Å²) in [6.45, 7) is 3.95. The van der Waals surface area contributed by atoms with Gasteiger partial charge in [-0.25, -0.2) is 15.0 Å². The smallest absolute Gasteiger partial charge is 0.125 e. The number of benzene rings is 1. The molecular weight excluding hydrogens is 236 g/mol. The molecule has 1 N–H and O–H groups in total. The maximum Gasteiger partial charge on any atom is 0.125 e. The molecule has 0 aliphatic rings. The lowest BCUT2D eigenvalue weighted by Crippen LogP contribution is -1.91. The van der Waals surface area contributed by atoms with E-state index in [-0.39, 0.29) is 0 Å². The second-order valence-electron chi connectivity index (χ2n) is 4.48. The van der Waals surface area contributed by atoms with Gasteiger partial charge in [0.2, 0.25) is 0 Å². The number of aromatic nitrogens is 4. The van der Waals surface area contributed by atoms with Crippen molar-refractivity contribution >= 4 is 0 Å². The highest BCUT2D eigenvalue weighted by Gasteiger charge is 2.11. The van der Waals surface area contributed by atoms with E-state index in [1.54, 1.807) is 12.5 Å². The van der Waals surface area contributed by atoms with E-state index in [1.807, 2.05) is 13.0 Å². The van der Waals surface area contributed by atoms with Crippen LogP contribution in [0.2, 0.25) is 0 Å². The van der Waals surface area contributed by atoms with Gasteiger partial charge in [0.15, 0.2) is 0 Å². The summed E-state index contributed by atoms with van der Waals surface area (Å²) >= 11 is 0. The second-order valence-corrected chi connectivity index (χ2v) is 4.48. The molecule has 0 aliphatic heterocycles. The molecule has 0 spiro atoms. The van der Waals surface area contributed by atoms with Crippen molar-refractivity contribution in [2.75, 3.05) is 0 Å². The number of hydrogen-bond donors (Lipinski definition) is 1. The lowest BCUT2D eigenvalue weighted by Gasteiger charge is -2.03. The van der Waals surface area contributed by atoms with E-state index in [9.17, 15) is 0 Å². The lowest BCUT2D eigenvalue weighted by molar-refractivity contribution is 1.05. The molecule has 0 bridgehead atoms. The number of aromatic amines is 1. The Morgan fingerprint density at radius 2 is 1.74 bits per heavy atom. The van der Waals surface area contributed by atoms with Gasteiger partial charge >= 0.3 is 0 Å². The van der Waals surface area contributed by atoms with Crippen LogP contribution in [-0.2, 0) is 0 Å². The summed E-state index contributed by atoms with van der Waals surface area (Å²) in [6.07, 6.45) is 3.46. The Hall–Kier alpha value is -2.49. The van der Waals surface area contributed by atoms with Gasteiger partial charge in [0.05, 0.1) is 23.4 Å². The topological polar surface area (TPSA) is 54.5 Å². The molecule has 2 heterocycles. The predicted octanol–water partition coefficient (Wildman–Crippen LogP) is 3.15. The standard InChI is InChI=1S/C15H14N4/c1-10-3-5-12(6-4-10)14-15(18-9-17-14)13-7-8-16-11(2)19-13/h3-9H,1-2H3,(H,17,18). The van der Waals surface area contributed by atoms with Crippen LogP contribution in [0, 0.1) is 13.8 Å². The first-order valence-electron chi connectivity index (χ1n) is 6.14. The number of H-pyrrole nitrogens is 1. The minimum absolute atomic E-state index is 0.752. The number of nitrogens with zero attached hydrogens (tertiary/aromatic N) is 3. The normalized spacial score (nSPS) is 10.6. The molecule has 4 nitrogen and oxygen atoms in total. The zero-order valence-electron chi connectivity index (χ0n) is 10.9. The first-order chi connectivity index (χ1) is 9.24. The quantitative estimate of drug-likeness (QED) is 0.760. The van der Waals surface area contributed by atoms with Crippen LogP contribution in [0.25, 0.3) is 22.6 Å². The number of aryl methyl sites for hydroxylation is 2. The lowest BCUT2D eigenvalue weighted by atomic mass is 10.1. The van der Waals surface area contributed by atoms with Gasteiger partial charge in [0, 0.05) is 11.8 Å². The minimum Gasteiger partial charge on any atom is -0.343 e. The molecule has 0 radical (unpaired) electrons. The zero-order chi connectivity index (χ0) is 13.2. The molecule has 1 aromatic carbocycles. The second kappa shape index (κ2) is 4.65. The molecule has 3 aromatic rings. The molecular formula is C15H14N4. The van der Waals surface area contributed by atoms with Gasteiger partial charge in [-0.2, -0.15) is 0 Å². The van der Waals surface area contributed by atoms with Gasteiger partial charge in [-0.05, 0) is 19.9 Å². The number of hydrogen-bond acceptors (Lipinski definition) is 3. The third kappa shape index (κ3) is 2.25. The van der Waals surface area contributed by atoms with E-state index in [1.165, 1.54) is 5.56 Å². The average molecular weight is 250 g/mol. The van der Waals surface area contributed by atoms with Crippen LogP contribution in [0.1, 0.15) is 11.4 Å². The third-order valence-electron chi connectivity index (χ3n) is 3.00. The minimum atomic E-state index is 0.752. The van der Waals surface area contributed by atoms with Crippen LogP contribution < -0.4 is 0 Å². The van der Waals surface area contributed by atoms with Crippen molar-refractivity contribution in [3.05, 3.63) is 54.2 Å². The van der Waals surface area contributed by atoms with Gasteiger partial charge in [-0.15, -0.1) is 0 Å². The first-order valence-corrected chi connectivity index (χ1v) is 6.14. The number of rotatable bonds is 2. The summed E-state index contributed by atoms with van der Waals surface area (Å²) in [5, 5.41) is 0. The summed E-state index contributed by atoms with van der Waals surface area (Å²) in [4.78, 5) is 16.1. The van der Waals surface area contributed by atoms with Crippen molar-refractivity contribution in [1.82, 2.24) is 19.9 Å². The molecule has 4 heteroatoms. The molecule has 2 aromatic heterocycles. The van der Waals surface area contributed by atoms with Crippen molar-refractivity contribution < 1.29 is 0 Å². The van der Waals surface area contributed by atoms with Crippen LogP contribution >= 0.6 is 0 Å². The van der Waals surface area contributed by atoms with Crippen molar-refractivity contribution in [3.63, 3.8) is 0 Å². The monoisotopic (exact) mass is 250 g/mol. The van der Waals surface area contributed by atoms with E-state index in [4.69, 9.17) is 0 Å². The SMILES string of the molecule is Cc1ccc(-c2nc[nH]c2-c2ccnc(C)n2)cc1. The van der Waals surface area contributed by atoms with Crippen LogP contribution in [0.3, 0.4) is 0 Å². The molecule has 0 atom stereocenters. The summed E-state index contributed by atoms with van der Waals surface area (Å²) in [5.74, 6) is 0.752. The molecule has 0 fully saturated rings. The van der Waals surface area contributed by atoms with Gasteiger partial charge in [0.1, 0.15) is 5.82 Å². The van der Waals surface area contributed by atoms with Gasteiger partial charge in [-0.3, -0.25) is 0 Å². The summed E-state index contributed by atoms with van der Waals surface area (Å²) in [6, 6.07) is 10.2. The number of nitrogens with one attached hydrogen (secondary N) is 1. The Labute approximate surface area is 111 Å². The Morgan fingerprint density at radius 1 is 0.947 bits per heavy atom. The highest BCUT2D eigenvalue weighted by atomic mass is 14.9. The largest absolute Gasteiger partial charge is 0.343 e. The molecule has 0 amide bonds. The molecule has 0 aliphatic carbocycles. The maximum atomic E-state index is 4.44. The molecule has 0 saturated carbocycles. The fraction of sp³-hybridized carbons (Fsp3) is 0.133. The van der Waals surface area contributed by atoms with Gasteiger partial charge in [-0.1, -0.05) is 29.8 Å². The van der Waals surface area contributed by atoms with E-state index in [0.717, 1.165) is 28.5 Å². The molecule has 0 unspecified atom stereocenters. The predicted molar refractivity (Wildman–Crippen MR) is 74.5 cm³/mol. The van der Waals surface area contributed by atoms with Crippen LogP contribution in [0.4, 0.5) is 0 Å². The highest BCUT2D eigenvalue weighted by molar-refractivity contribution is 5.76. The highest BCUT2D eigenvalue weighted by Crippen LogP contribution is 2.27. The summed E-state index contributed by atoms with van der Waals surface area (Å²) in [7, 11) is 0. The first kappa shape index (κ1) is 11.6. The van der Waals surface area contributed by atoms with Gasteiger partial charge in [0.25, 0.3) is 0 Å². The van der Waals surface area contributed by atoms with Crippen LogP contribution in [0.15, 0.2) is 42.9 Å². The Kier molecular flexibility index (Phi) is 2.83. The van der Waals surface area contributed by atoms with E-state index < -0.39 is 0 Å². The van der Waals surface area contributed by atoms with E-state index >= 15 is 0 Å². The Bertz CT molecular complexity index is 698. The fourth-order valence-corrected chi connectivity index (χ4v) is 2.02. The van der Waals surface area contributed by atoms with E-state index in [2.05, 4.69) is 51.1 Å². The Balaban J connectivity index is 2.10. The number of imidazole rings is 1. The van der Waals surface area contributed by atoms with Crippen LogP contribution in [-0.4, -0.2) is 19.9 Å². The maximum absolute atomic E-state index is 4.44. The van der Waals surface area contributed by atoms with Crippen molar-refractivity contribution in [1.29, 1.82) is 0 Å². The third-order valence-corrected chi connectivity index (χ3v) is 3.00. The molecule has 19 heavy (non-hydrogen) atoms. The van der Waals surface area contributed by atoms with Crippen LogP contribution in [0.5, 0.6) is 0 Å². The molecule has 94 valence electrons. The summed E-state index contributed by atoms with van der Waals surface area (Å²) in [5.41, 5.74) is 5.02. The van der Waals surface area contributed by atoms with Crippen molar-refractivity contribution in [2.45, 2.75) is 13.8 Å². The molecule has 3 rings (SSSR count). The Morgan fingerprint density at radius 3 is 2.47 bits per heavy atom. The van der Waals surface area contributed by atoms with Crippen molar-refractivity contribution in [2.24, 2.45) is 0 Å². The zero-order valence-corrected chi connectivity index (χ0v) is 10.9. The van der Waals surface area contributed by atoms with Gasteiger partial charge < -0.3 is 4.98 Å². The fourth-order valence-electron chi connectivity index (χ4n) is 2.02. The van der Waals surface area contributed by atoms with Crippen molar-refractivity contribution in [3.8, 4) is 22.6 Å². The summed E-state index contributed by atoms with van der Waals surface area (Å²) < 4.78 is 0. The average Bonchev–Trinajstić information content (AvgIpc) is 2.89. The van der Waals surface area contributed by atoms with E-state index in [0.29, 0.717) is 0 Å².